The first-order valence-corrected chi connectivity index (χ1v) is 21.9. The number of hydrogen-bond acceptors (Lipinski definition) is 10. The number of esters is 2. The molecule has 6 aliphatic carbocycles. The fourth-order valence-corrected chi connectivity index (χ4v) is 10.9. The first-order chi connectivity index (χ1) is 32.4. The van der Waals surface area contributed by atoms with Crippen molar-refractivity contribution in [3.05, 3.63) is 163 Å². The van der Waals surface area contributed by atoms with Crippen molar-refractivity contribution in [1.82, 2.24) is 0 Å². The topological polar surface area (TPSA) is 143 Å². The second kappa shape index (κ2) is 20.2. The van der Waals surface area contributed by atoms with E-state index in [2.05, 4.69) is 51.4 Å². The minimum Gasteiger partial charge on any atom is -0.515 e. The minimum absolute atomic E-state index is 0. The second-order valence-corrected chi connectivity index (χ2v) is 17.4. The Hall–Kier alpha value is -7.48. The number of ether oxygens (including phenoxy) is 4. The van der Waals surface area contributed by atoms with Gasteiger partial charge in [-0.25, -0.2) is 9.59 Å². The van der Waals surface area contributed by atoms with E-state index in [1.807, 2.05) is 36.4 Å². The number of carbonyl (C=O) groups excluding carboxylic acids is 5. The molecule has 1 N–H and O–H groups in total. The number of hydrogen-bond donors (Lipinski definition) is 1. The van der Waals surface area contributed by atoms with E-state index < -0.39 is 12.6 Å². The van der Waals surface area contributed by atoms with Gasteiger partial charge < -0.3 is 24.1 Å². The molecule has 0 amide bonds. The number of fused-ring (bicyclic) bond motifs is 9. The van der Waals surface area contributed by atoms with Gasteiger partial charge in [-0.15, -0.1) is 19.3 Å². The average Bonchev–Trinajstić information content (AvgIpc) is 4.22. The number of carbonyl (C=O) groups is 5. The second-order valence-electron chi connectivity index (χ2n) is 17.4. The maximum atomic E-state index is 12.4. The monoisotopic (exact) mass is 902 g/mol. The van der Waals surface area contributed by atoms with E-state index in [0.29, 0.717) is 47.1 Å². The maximum absolute atomic E-state index is 12.4. The van der Waals surface area contributed by atoms with Gasteiger partial charge in [-0.1, -0.05) is 61.6 Å². The number of aliphatic hydroxyl groups excluding tert-OH is 1. The predicted molar refractivity (Wildman–Crippen MR) is 256 cm³/mol. The molecule has 3 aromatic carbocycles. The summed E-state index contributed by atoms with van der Waals surface area (Å²) in [6.45, 7) is 3.34. The number of aliphatic hydroxyl groups is 1. The highest BCUT2D eigenvalue weighted by molar-refractivity contribution is 6.75. The smallest absolute Gasteiger partial charge is 0.336 e. The van der Waals surface area contributed by atoms with Crippen LogP contribution in [0.1, 0.15) is 108 Å². The molecule has 10 nitrogen and oxygen atoms in total. The van der Waals surface area contributed by atoms with Crippen LogP contribution >= 0.6 is 0 Å². The lowest BCUT2D eigenvalue weighted by Crippen LogP contribution is -2.11. The van der Waals surface area contributed by atoms with Crippen LogP contribution in [-0.2, 0) is 62.2 Å². The first kappa shape index (κ1) is 48.5. The van der Waals surface area contributed by atoms with Crippen molar-refractivity contribution in [1.29, 1.82) is 0 Å². The molecule has 11 rings (SSSR count). The van der Waals surface area contributed by atoms with Crippen LogP contribution in [0.5, 0.6) is 0 Å². The lowest BCUT2D eigenvalue weighted by molar-refractivity contribution is -0.153. The summed E-state index contributed by atoms with van der Waals surface area (Å²) >= 11 is 0. The number of ketones is 3. The Morgan fingerprint density at radius 1 is 0.544 bits per heavy atom. The highest BCUT2D eigenvalue weighted by Gasteiger charge is 2.47. The summed E-state index contributed by atoms with van der Waals surface area (Å²) < 4.78 is 21.1. The third kappa shape index (κ3) is 8.78. The Bertz CT molecular complexity index is 2770. The number of terminal acetylenes is 3. The molecule has 2 heterocycles. The molecule has 0 aromatic heterocycles. The average molecular weight is 903 g/mol. The Morgan fingerprint density at radius 2 is 0.868 bits per heavy atom. The van der Waals surface area contributed by atoms with E-state index in [1.54, 1.807) is 26.0 Å². The molecular weight excluding hydrogens is 854 g/mol. The van der Waals surface area contributed by atoms with Crippen LogP contribution in [0.2, 0.25) is 0 Å². The summed E-state index contributed by atoms with van der Waals surface area (Å²) in [5.74, 6) is 8.46. The Morgan fingerprint density at radius 3 is 1.16 bits per heavy atom. The van der Waals surface area contributed by atoms with Crippen LogP contribution < -0.4 is 0 Å². The van der Waals surface area contributed by atoms with Gasteiger partial charge in [0, 0.05) is 109 Å². The number of Topliss-reactive ketones (excluding diaryl/α,β-unsaturated/α-hetero) is 3. The van der Waals surface area contributed by atoms with E-state index in [1.165, 1.54) is 34.8 Å². The van der Waals surface area contributed by atoms with Crippen LogP contribution in [-0.4, -0.2) is 62.4 Å². The highest BCUT2D eigenvalue weighted by Crippen LogP contribution is 2.52. The van der Waals surface area contributed by atoms with Gasteiger partial charge in [0.2, 0.25) is 0 Å². The van der Waals surface area contributed by atoms with E-state index in [-0.39, 0.29) is 72.2 Å². The summed E-state index contributed by atoms with van der Waals surface area (Å²) in [5.41, 5.74) is 12.7. The highest BCUT2D eigenvalue weighted by atomic mass is 16.7. The summed E-state index contributed by atoms with van der Waals surface area (Å²) in [5, 5.41) is 9.17. The predicted octanol–water partition coefficient (Wildman–Crippen LogP) is 7.47. The van der Waals surface area contributed by atoms with Gasteiger partial charge >= 0.3 is 11.9 Å². The first-order valence-electron chi connectivity index (χ1n) is 21.9. The van der Waals surface area contributed by atoms with Crippen LogP contribution in [0.15, 0.2) is 113 Å². The lowest BCUT2D eigenvalue weighted by atomic mass is 9.81. The van der Waals surface area contributed by atoms with E-state index in [9.17, 15) is 24.0 Å². The molecule has 0 saturated heterocycles. The molecule has 68 heavy (non-hydrogen) atoms. The third-order valence-electron chi connectivity index (χ3n) is 14.1. The molecule has 0 bridgehead atoms. The Kier molecular flexibility index (Phi) is 14.4. The van der Waals surface area contributed by atoms with Gasteiger partial charge in [0.25, 0.3) is 12.6 Å². The zero-order chi connectivity index (χ0) is 47.7. The van der Waals surface area contributed by atoms with Crippen LogP contribution in [0.3, 0.4) is 0 Å². The van der Waals surface area contributed by atoms with Gasteiger partial charge in [0.1, 0.15) is 0 Å². The van der Waals surface area contributed by atoms with Gasteiger partial charge in [0.05, 0.1) is 18.8 Å². The molecule has 3 saturated carbocycles. The van der Waals surface area contributed by atoms with Crippen molar-refractivity contribution in [2.24, 2.45) is 17.8 Å². The fraction of sp³-hybridized carbons (Fsp3) is 0.304. The molecule has 3 fully saturated rings. The van der Waals surface area contributed by atoms with Crippen molar-refractivity contribution < 1.29 is 48.0 Å². The molecule has 8 atom stereocenters. The largest absolute Gasteiger partial charge is 0.515 e. The van der Waals surface area contributed by atoms with Crippen LogP contribution in [0.4, 0.5) is 0 Å². The summed E-state index contributed by atoms with van der Waals surface area (Å²) in [7, 11) is 8.00. The third-order valence-corrected chi connectivity index (χ3v) is 14.1. The fourth-order valence-electron chi connectivity index (χ4n) is 10.9. The van der Waals surface area contributed by atoms with Gasteiger partial charge in [-0.3, -0.25) is 14.4 Å². The molecule has 3 aromatic rings. The van der Waals surface area contributed by atoms with Gasteiger partial charge in [-0.2, -0.15) is 0 Å². The summed E-state index contributed by atoms with van der Waals surface area (Å²) in [4.78, 5) is 59.2. The van der Waals surface area contributed by atoms with Gasteiger partial charge in [0.15, 0.2) is 17.3 Å². The Labute approximate surface area is 399 Å². The summed E-state index contributed by atoms with van der Waals surface area (Å²) in [6, 6.07) is 17.8. The number of benzene rings is 3. The quantitative estimate of drug-likeness (QED) is 0.0922. The zero-order valence-corrected chi connectivity index (χ0v) is 37.0. The molecule has 4 radical (unpaired) electrons. The normalized spacial score (nSPS) is 27.6. The van der Waals surface area contributed by atoms with Crippen LogP contribution in [0.25, 0.3) is 0 Å². The SMILES string of the molecule is C.C#Cc1cccc2c1CC1/C(=C/O)C(=O)CC21.C#Cc1cccc2c1C[C@@H]1/C(=C\O[C@@H]3C=C(C)C(=O)O3)C(=O)C[C@H]21.C#Cc1cccc2c1C[C@@H]1/C(=C\O[C@H]3C=C(C)C(=O)O3)C(=O)C[C@H]21.[B][B]. The van der Waals surface area contributed by atoms with Crippen molar-refractivity contribution in [2.45, 2.75) is 90.1 Å². The van der Waals surface area contributed by atoms with Crippen molar-refractivity contribution in [3.63, 3.8) is 0 Å². The van der Waals surface area contributed by atoms with Crippen molar-refractivity contribution in [2.75, 3.05) is 0 Å². The number of rotatable bonds is 4. The minimum atomic E-state index is -0.748. The van der Waals surface area contributed by atoms with Gasteiger partial charge in [-0.05, 0) is 102 Å². The lowest BCUT2D eigenvalue weighted by Gasteiger charge is -2.12. The Balaban J connectivity index is 0.000000149. The molecule has 2 unspecified atom stereocenters. The molecule has 12 heteroatoms. The standard InChI is InChI=1S/2C20H16O4.C15H12O2.CH4.B2/c2*1-3-12-5-4-6-13-14(12)8-15-16(13)9-18(21)17(15)10-23-19-7-11(2)20(22)24-19;1-2-9-4-3-5-10-11(9)6-12-13(10)7-15(17)14(12)8-16;;1-2/h2*1,4-7,10,15-16,19H,8-9H2,2H3;1,3-5,8,12-13,16H,6-7H2;1H4;/b2*17-10+;14-8-;;/t15-,16+,19+;15-,16+,19-;;;/m00.../s1. The zero-order valence-electron chi connectivity index (χ0n) is 37.0. The molecule has 8 aliphatic rings. The number of cyclic esters (lactones) is 2. The van der Waals surface area contributed by atoms with Crippen molar-refractivity contribution in [3.8, 4) is 37.0 Å². The van der Waals surface area contributed by atoms with Crippen LogP contribution in [0, 0.1) is 54.8 Å². The maximum Gasteiger partial charge on any atom is 0.336 e. The molecule has 0 spiro atoms. The molecule has 2 aliphatic heterocycles. The molecular formula is C56H48B2O10. The number of allylic oxidation sites excluding steroid dienone is 3. The van der Waals surface area contributed by atoms with Crippen molar-refractivity contribution >= 4 is 44.8 Å². The molecule has 338 valence electrons. The summed E-state index contributed by atoms with van der Waals surface area (Å²) in [6.07, 6.45) is 26.0. The van der Waals surface area contributed by atoms with E-state index in [0.717, 1.165) is 53.3 Å². The van der Waals surface area contributed by atoms with E-state index >= 15 is 0 Å². The van der Waals surface area contributed by atoms with E-state index in [4.69, 9.17) is 43.3 Å².